The first-order chi connectivity index (χ1) is 13.1. The molecule has 0 spiro atoms. The van der Waals surface area contributed by atoms with Crippen LogP contribution in [0.2, 0.25) is 0 Å². The van der Waals surface area contributed by atoms with E-state index in [1.165, 1.54) is 7.11 Å². The van der Waals surface area contributed by atoms with Crippen molar-refractivity contribution in [2.24, 2.45) is 0 Å². The molecule has 1 atom stereocenters. The van der Waals surface area contributed by atoms with E-state index in [9.17, 15) is 9.59 Å². The van der Waals surface area contributed by atoms with Gasteiger partial charge >= 0.3 is 5.97 Å². The number of hydrogen-bond acceptors (Lipinski definition) is 3. The smallest absolute Gasteiger partial charge is 0.307 e. The van der Waals surface area contributed by atoms with Gasteiger partial charge in [-0.25, -0.2) is 0 Å². The van der Waals surface area contributed by atoms with Crippen molar-refractivity contribution in [2.45, 2.75) is 19.4 Å². The Morgan fingerprint density at radius 3 is 2.41 bits per heavy atom. The van der Waals surface area contributed by atoms with Crippen LogP contribution in [0.3, 0.4) is 0 Å². The van der Waals surface area contributed by atoms with Crippen LogP contribution in [0.25, 0.3) is 5.69 Å². The summed E-state index contributed by atoms with van der Waals surface area (Å²) >= 11 is 0. The monoisotopic (exact) mass is 362 g/mol. The summed E-state index contributed by atoms with van der Waals surface area (Å²) in [5.74, 6) is -0.609. The van der Waals surface area contributed by atoms with Gasteiger partial charge in [0.25, 0.3) is 5.91 Å². The summed E-state index contributed by atoms with van der Waals surface area (Å²) in [5, 5.41) is 2.96. The number of methoxy groups -OCH3 is 1. The van der Waals surface area contributed by atoms with Gasteiger partial charge in [-0.15, -0.1) is 0 Å². The first-order valence-electron chi connectivity index (χ1n) is 8.75. The number of nitrogens with one attached hydrogen (secondary N) is 1. The van der Waals surface area contributed by atoms with Crippen molar-refractivity contribution in [3.05, 3.63) is 89.7 Å². The molecular formula is C22H22N2O3. The van der Waals surface area contributed by atoms with Crippen molar-refractivity contribution in [1.82, 2.24) is 9.88 Å². The van der Waals surface area contributed by atoms with E-state index in [1.54, 1.807) is 6.07 Å². The lowest BCUT2D eigenvalue weighted by Gasteiger charge is -2.19. The van der Waals surface area contributed by atoms with Gasteiger partial charge < -0.3 is 14.6 Å². The second kappa shape index (κ2) is 8.36. The summed E-state index contributed by atoms with van der Waals surface area (Å²) in [7, 11) is 1.34. The molecule has 1 unspecified atom stereocenters. The van der Waals surface area contributed by atoms with Gasteiger partial charge in [0, 0.05) is 23.6 Å². The number of carbonyl (C=O) groups is 2. The van der Waals surface area contributed by atoms with E-state index in [2.05, 4.69) is 5.32 Å². The van der Waals surface area contributed by atoms with Gasteiger partial charge in [0.15, 0.2) is 0 Å². The lowest BCUT2D eigenvalue weighted by Crippen LogP contribution is -2.30. The van der Waals surface area contributed by atoms with Crippen LogP contribution in [0.1, 0.15) is 33.9 Å². The third-order valence-corrected chi connectivity index (χ3v) is 4.46. The highest BCUT2D eigenvalue weighted by molar-refractivity contribution is 5.95. The average Bonchev–Trinajstić information content (AvgIpc) is 3.22. The Morgan fingerprint density at radius 1 is 1.04 bits per heavy atom. The molecule has 0 fully saturated rings. The van der Waals surface area contributed by atoms with Gasteiger partial charge in [-0.3, -0.25) is 9.59 Å². The number of hydrogen-bond donors (Lipinski definition) is 1. The van der Waals surface area contributed by atoms with Crippen LogP contribution in [-0.4, -0.2) is 23.6 Å². The zero-order valence-corrected chi connectivity index (χ0v) is 15.4. The van der Waals surface area contributed by atoms with Gasteiger partial charge in [0.05, 0.1) is 19.6 Å². The number of benzene rings is 2. The third kappa shape index (κ3) is 4.44. The van der Waals surface area contributed by atoms with Crippen molar-refractivity contribution in [2.75, 3.05) is 7.11 Å². The molecule has 2 aromatic carbocycles. The van der Waals surface area contributed by atoms with Gasteiger partial charge in [-0.2, -0.15) is 0 Å². The van der Waals surface area contributed by atoms with Crippen molar-refractivity contribution < 1.29 is 14.3 Å². The number of nitrogens with zero attached hydrogens (tertiary/aromatic N) is 1. The fourth-order valence-electron chi connectivity index (χ4n) is 2.95. The minimum absolute atomic E-state index is 0.0720. The van der Waals surface area contributed by atoms with Gasteiger partial charge in [-0.1, -0.05) is 36.4 Å². The summed E-state index contributed by atoms with van der Waals surface area (Å²) in [6.07, 6.45) is 3.95. The Hall–Kier alpha value is -3.34. The summed E-state index contributed by atoms with van der Waals surface area (Å²) < 4.78 is 6.75. The number of carbonyl (C=O) groups excluding carboxylic acids is 2. The first kappa shape index (κ1) is 18.5. The Morgan fingerprint density at radius 2 is 1.74 bits per heavy atom. The molecule has 0 aliphatic carbocycles. The average molecular weight is 362 g/mol. The molecule has 1 aromatic heterocycles. The predicted molar refractivity (Wildman–Crippen MR) is 104 cm³/mol. The molecule has 0 saturated carbocycles. The lowest BCUT2D eigenvalue weighted by atomic mass is 10.0. The quantitative estimate of drug-likeness (QED) is 0.678. The zero-order valence-electron chi connectivity index (χ0n) is 15.4. The largest absolute Gasteiger partial charge is 0.469 e. The van der Waals surface area contributed by atoms with Crippen LogP contribution in [0.15, 0.2) is 73.1 Å². The Kier molecular flexibility index (Phi) is 5.71. The van der Waals surface area contributed by atoms with Crippen LogP contribution in [0, 0.1) is 6.92 Å². The van der Waals surface area contributed by atoms with Gasteiger partial charge in [-0.05, 0) is 42.3 Å². The van der Waals surface area contributed by atoms with E-state index in [1.807, 2.05) is 78.5 Å². The van der Waals surface area contributed by atoms with Crippen molar-refractivity contribution in [3.63, 3.8) is 0 Å². The number of ether oxygens (including phenoxy) is 1. The van der Waals surface area contributed by atoms with Crippen molar-refractivity contribution in [3.8, 4) is 5.69 Å². The first-order valence-corrected chi connectivity index (χ1v) is 8.75. The SMILES string of the molecule is COC(=O)CC(NC(=O)c1ccc(C)c(-n2cccc2)c1)c1ccccc1. The number of rotatable bonds is 6. The highest BCUT2D eigenvalue weighted by Crippen LogP contribution is 2.20. The molecule has 1 N–H and O–H groups in total. The maximum absolute atomic E-state index is 12.9. The van der Waals surface area contributed by atoms with Crippen LogP contribution < -0.4 is 5.32 Å². The number of amides is 1. The van der Waals surface area contributed by atoms with Crippen LogP contribution in [0.4, 0.5) is 0 Å². The molecular weight excluding hydrogens is 340 g/mol. The number of esters is 1. The minimum atomic E-state index is -0.456. The molecule has 0 aliphatic heterocycles. The summed E-state index contributed by atoms with van der Waals surface area (Å²) in [6, 6.07) is 18.4. The molecule has 0 aliphatic rings. The van der Waals surface area contributed by atoms with Crippen LogP contribution in [0.5, 0.6) is 0 Å². The molecule has 1 heterocycles. The second-order valence-electron chi connectivity index (χ2n) is 6.31. The molecule has 0 saturated heterocycles. The van der Waals surface area contributed by atoms with Crippen LogP contribution in [-0.2, 0) is 9.53 Å². The fourth-order valence-corrected chi connectivity index (χ4v) is 2.95. The molecule has 5 heteroatoms. The van der Waals surface area contributed by atoms with Crippen molar-refractivity contribution in [1.29, 1.82) is 0 Å². The maximum Gasteiger partial charge on any atom is 0.307 e. The minimum Gasteiger partial charge on any atom is -0.469 e. The molecule has 1 amide bonds. The Bertz CT molecular complexity index is 918. The molecule has 0 bridgehead atoms. The molecule has 0 radical (unpaired) electrons. The topological polar surface area (TPSA) is 60.3 Å². The lowest BCUT2D eigenvalue weighted by molar-refractivity contribution is -0.141. The van der Waals surface area contributed by atoms with E-state index in [0.717, 1.165) is 16.8 Å². The predicted octanol–water partition coefficient (Wildman–Crippen LogP) is 3.82. The third-order valence-electron chi connectivity index (χ3n) is 4.46. The van der Waals surface area contributed by atoms with Crippen molar-refractivity contribution >= 4 is 11.9 Å². The van der Waals surface area contributed by atoms with E-state index < -0.39 is 6.04 Å². The Labute approximate surface area is 158 Å². The fraction of sp³-hybridized carbons (Fsp3) is 0.182. The standard InChI is InChI=1S/C22H22N2O3/c1-16-10-11-18(14-20(16)24-12-6-7-13-24)22(26)23-19(15-21(25)27-2)17-8-4-3-5-9-17/h3-14,19H,15H2,1-2H3,(H,23,26). The number of aryl methyl sites for hydroxylation is 1. The second-order valence-corrected chi connectivity index (χ2v) is 6.31. The summed E-state index contributed by atoms with van der Waals surface area (Å²) in [4.78, 5) is 24.6. The highest BCUT2D eigenvalue weighted by Gasteiger charge is 2.20. The molecule has 3 rings (SSSR count). The van der Waals surface area contributed by atoms with E-state index >= 15 is 0 Å². The normalized spacial score (nSPS) is 11.6. The van der Waals surface area contributed by atoms with Gasteiger partial charge in [0.2, 0.25) is 0 Å². The maximum atomic E-state index is 12.9. The van der Waals surface area contributed by atoms with E-state index in [0.29, 0.717) is 5.56 Å². The van der Waals surface area contributed by atoms with E-state index in [-0.39, 0.29) is 18.3 Å². The van der Waals surface area contributed by atoms with Crippen LogP contribution >= 0.6 is 0 Å². The zero-order chi connectivity index (χ0) is 19.2. The number of aromatic nitrogens is 1. The van der Waals surface area contributed by atoms with Gasteiger partial charge in [0.1, 0.15) is 0 Å². The summed E-state index contributed by atoms with van der Waals surface area (Å²) in [5.41, 5.74) is 3.40. The molecule has 5 nitrogen and oxygen atoms in total. The molecule has 138 valence electrons. The molecule has 27 heavy (non-hydrogen) atoms. The summed E-state index contributed by atoms with van der Waals surface area (Å²) in [6.45, 7) is 2.00. The van der Waals surface area contributed by atoms with E-state index in [4.69, 9.17) is 4.74 Å². The molecule has 3 aromatic rings. The highest BCUT2D eigenvalue weighted by atomic mass is 16.5. The Balaban J connectivity index is 1.85.